The molecule has 2 aliphatic rings. The molecule has 0 bridgehead atoms. The number of morpholine rings is 1. The number of amides is 1. The molecule has 7 nitrogen and oxygen atoms in total. The van der Waals surface area contributed by atoms with Crippen molar-refractivity contribution in [3.63, 3.8) is 0 Å². The van der Waals surface area contributed by atoms with Crippen molar-refractivity contribution >= 4 is 5.91 Å². The van der Waals surface area contributed by atoms with Crippen molar-refractivity contribution in [3.05, 3.63) is 40.7 Å². The number of carbonyl (C=O) groups excluding carboxylic acids is 1. The maximum Gasteiger partial charge on any atom is 0.273 e. The van der Waals surface area contributed by atoms with Gasteiger partial charge in [-0.25, -0.2) is 0 Å². The van der Waals surface area contributed by atoms with Gasteiger partial charge >= 0.3 is 0 Å². The minimum atomic E-state index is -0.168. The van der Waals surface area contributed by atoms with E-state index in [2.05, 4.69) is 15.4 Å². The van der Waals surface area contributed by atoms with Gasteiger partial charge in [-0.3, -0.25) is 9.69 Å². The first-order chi connectivity index (χ1) is 12.7. The molecule has 1 saturated heterocycles. The van der Waals surface area contributed by atoms with Crippen LogP contribution in [0, 0.1) is 6.92 Å². The number of hydrogen-bond acceptors (Lipinski definition) is 6. The van der Waals surface area contributed by atoms with Crippen LogP contribution in [0.2, 0.25) is 0 Å². The van der Waals surface area contributed by atoms with E-state index >= 15 is 0 Å². The van der Waals surface area contributed by atoms with E-state index in [1.165, 1.54) is 0 Å². The summed E-state index contributed by atoms with van der Waals surface area (Å²) < 4.78 is 16.7. The van der Waals surface area contributed by atoms with Crippen LogP contribution in [0.15, 0.2) is 21.1 Å². The Morgan fingerprint density at radius 3 is 2.85 bits per heavy atom. The molecule has 1 aliphatic carbocycles. The summed E-state index contributed by atoms with van der Waals surface area (Å²) in [5, 5.41) is 7.06. The molecule has 1 atom stereocenters. The summed E-state index contributed by atoms with van der Waals surface area (Å²) in [4.78, 5) is 15.0. The fraction of sp³-hybridized carbons (Fsp3) is 0.579. The average Bonchev–Trinajstić information content (AvgIpc) is 3.29. The molecular weight excluding hydrogens is 334 g/mol. The smallest absolute Gasteiger partial charge is 0.273 e. The molecule has 4 rings (SSSR count). The van der Waals surface area contributed by atoms with E-state index in [1.54, 1.807) is 0 Å². The van der Waals surface area contributed by atoms with Crippen molar-refractivity contribution in [2.24, 2.45) is 0 Å². The average molecular weight is 359 g/mol. The van der Waals surface area contributed by atoms with Crippen LogP contribution in [0.3, 0.4) is 0 Å². The summed E-state index contributed by atoms with van der Waals surface area (Å²) >= 11 is 0. The molecule has 1 aliphatic heterocycles. The maximum absolute atomic E-state index is 12.7. The molecule has 0 unspecified atom stereocenters. The van der Waals surface area contributed by atoms with E-state index < -0.39 is 0 Å². The SMILES string of the molecule is Cc1ccc([C@@H](CNC(=O)c2noc3c2CCCC3)N2CCOCC2)o1. The van der Waals surface area contributed by atoms with Crippen LogP contribution in [0.4, 0.5) is 0 Å². The number of fused-ring (bicyclic) bond motifs is 1. The van der Waals surface area contributed by atoms with Crippen LogP contribution in [0.1, 0.15) is 52.2 Å². The third kappa shape index (κ3) is 3.54. The van der Waals surface area contributed by atoms with Gasteiger partial charge in [0, 0.05) is 31.6 Å². The zero-order valence-electron chi connectivity index (χ0n) is 15.1. The lowest BCUT2D eigenvalue weighted by molar-refractivity contribution is 0.0116. The van der Waals surface area contributed by atoms with Gasteiger partial charge in [-0.15, -0.1) is 0 Å². The summed E-state index contributed by atoms with van der Waals surface area (Å²) in [5.41, 5.74) is 1.42. The van der Waals surface area contributed by atoms with Crippen LogP contribution < -0.4 is 5.32 Å². The van der Waals surface area contributed by atoms with Gasteiger partial charge in [0.15, 0.2) is 5.69 Å². The van der Waals surface area contributed by atoms with E-state index in [-0.39, 0.29) is 11.9 Å². The molecule has 0 spiro atoms. The van der Waals surface area contributed by atoms with Gasteiger partial charge in [-0.05, 0) is 38.3 Å². The quantitative estimate of drug-likeness (QED) is 0.882. The van der Waals surface area contributed by atoms with E-state index in [0.717, 1.165) is 61.6 Å². The van der Waals surface area contributed by atoms with E-state index in [4.69, 9.17) is 13.7 Å². The number of carbonyl (C=O) groups is 1. The van der Waals surface area contributed by atoms with Crippen molar-refractivity contribution in [1.29, 1.82) is 0 Å². The molecule has 1 fully saturated rings. The molecular formula is C19H25N3O4. The third-order valence-corrected chi connectivity index (χ3v) is 5.20. The van der Waals surface area contributed by atoms with Crippen LogP contribution in [0.5, 0.6) is 0 Å². The van der Waals surface area contributed by atoms with Crippen LogP contribution >= 0.6 is 0 Å². The van der Waals surface area contributed by atoms with E-state index in [1.807, 2.05) is 19.1 Å². The summed E-state index contributed by atoms with van der Waals surface area (Å²) in [6.45, 7) is 5.43. The molecule has 1 N–H and O–H groups in total. The number of nitrogens with zero attached hydrogens (tertiary/aromatic N) is 2. The van der Waals surface area contributed by atoms with Gasteiger partial charge in [0.2, 0.25) is 0 Å². The summed E-state index contributed by atoms with van der Waals surface area (Å²) in [6, 6.07) is 3.93. The van der Waals surface area contributed by atoms with Crippen molar-refractivity contribution in [2.75, 3.05) is 32.8 Å². The number of aryl methyl sites for hydroxylation is 2. The van der Waals surface area contributed by atoms with Crippen molar-refractivity contribution < 1.29 is 18.5 Å². The van der Waals surface area contributed by atoms with Crippen molar-refractivity contribution in [2.45, 2.75) is 38.6 Å². The van der Waals surface area contributed by atoms with Gasteiger partial charge < -0.3 is 19.0 Å². The van der Waals surface area contributed by atoms with Crippen LogP contribution in [0.25, 0.3) is 0 Å². The van der Waals surface area contributed by atoms with Crippen LogP contribution in [-0.4, -0.2) is 48.8 Å². The second-order valence-electron chi connectivity index (χ2n) is 6.96. The van der Waals surface area contributed by atoms with Gasteiger partial charge in [0.05, 0.1) is 19.3 Å². The zero-order chi connectivity index (χ0) is 17.9. The maximum atomic E-state index is 12.7. The molecule has 2 aromatic heterocycles. The summed E-state index contributed by atoms with van der Waals surface area (Å²) in [7, 11) is 0. The Kier molecular flexibility index (Phi) is 5.08. The van der Waals surface area contributed by atoms with Crippen LogP contribution in [-0.2, 0) is 17.6 Å². The van der Waals surface area contributed by atoms with Crippen molar-refractivity contribution in [3.8, 4) is 0 Å². The largest absolute Gasteiger partial charge is 0.465 e. The molecule has 7 heteroatoms. The Morgan fingerprint density at radius 2 is 2.08 bits per heavy atom. The minimum absolute atomic E-state index is 0.0146. The fourth-order valence-electron chi connectivity index (χ4n) is 3.77. The zero-order valence-corrected chi connectivity index (χ0v) is 15.1. The van der Waals surface area contributed by atoms with Gasteiger partial charge in [-0.2, -0.15) is 0 Å². The lowest BCUT2D eigenvalue weighted by atomic mass is 9.96. The highest BCUT2D eigenvalue weighted by Gasteiger charge is 2.28. The molecule has 2 aromatic rings. The lowest BCUT2D eigenvalue weighted by Crippen LogP contribution is -2.43. The Morgan fingerprint density at radius 1 is 1.27 bits per heavy atom. The normalized spacial score (nSPS) is 19.1. The predicted octanol–water partition coefficient (Wildman–Crippen LogP) is 2.26. The highest BCUT2D eigenvalue weighted by Crippen LogP contribution is 2.26. The van der Waals surface area contributed by atoms with E-state index in [0.29, 0.717) is 25.5 Å². The second-order valence-corrected chi connectivity index (χ2v) is 6.96. The number of ether oxygens (including phenoxy) is 1. The lowest BCUT2D eigenvalue weighted by Gasteiger charge is -2.33. The van der Waals surface area contributed by atoms with Gasteiger partial charge in [0.1, 0.15) is 17.3 Å². The monoisotopic (exact) mass is 359 g/mol. The predicted molar refractivity (Wildman–Crippen MR) is 94.1 cm³/mol. The highest BCUT2D eigenvalue weighted by atomic mass is 16.5. The standard InChI is InChI=1S/C19H25N3O4/c1-13-6-7-17(25-13)15(22-8-10-24-11-9-22)12-20-19(23)18-14-4-2-3-5-16(14)26-21-18/h6-7,15H,2-5,8-12H2,1H3,(H,20,23)/t15-/m1/s1. The molecule has 26 heavy (non-hydrogen) atoms. The topological polar surface area (TPSA) is 80.7 Å². The second kappa shape index (κ2) is 7.63. The van der Waals surface area contributed by atoms with E-state index in [9.17, 15) is 4.79 Å². The number of furan rings is 1. The molecule has 140 valence electrons. The molecule has 0 radical (unpaired) electrons. The Bertz CT molecular complexity index is 761. The fourth-order valence-corrected chi connectivity index (χ4v) is 3.77. The first kappa shape index (κ1) is 17.3. The Hall–Kier alpha value is -2.12. The van der Waals surface area contributed by atoms with Gasteiger partial charge in [-0.1, -0.05) is 5.16 Å². The first-order valence-corrected chi connectivity index (χ1v) is 9.36. The van der Waals surface area contributed by atoms with Crippen molar-refractivity contribution in [1.82, 2.24) is 15.4 Å². The number of nitrogens with one attached hydrogen (secondary N) is 1. The summed E-state index contributed by atoms with van der Waals surface area (Å²) in [6.07, 6.45) is 3.92. The highest BCUT2D eigenvalue weighted by molar-refractivity contribution is 5.93. The Labute approximate surface area is 152 Å². The number of rotatable bonds is 5. The molecule has 3 heterocycles. The number of aromatic nitrogens is 1. The third-order valence-electron chi connectivity index (χ3n) is 5.20. The first-order valence-electron chi connectivity index (χ1n) is 9.36. The molecule has 1 amide bonds. The molecule has 0 aromatic carbocycles. The Balaban J connectivity index is 1.47. The van der Waals surface area contributed by atoms with Gasteiger partial charge in [0.25, 0.3) is 5.91 Å². The molecule has 0 saturated carbocycles. The number of hydrogen-bond donors (Lipinski definition) is 1. The minimum Gasteiger partial charge on any atom is -0.465 e. The summed E-state index contributed by atoms with van der Waals surface area (Å²) in [5.74, 6) is 2.44.